The molecule has 0 amide bonds. The van der Waals surface area contributed by atoms with Gasteiger partial charge in [-0.3, -0.25) is 10.1 Å². The molecular formula is C12H9N3O5S. The van der Waals surface area contributed by atoms with Gasteiger partial charge in [-0.25, -0.2) is 4.79 Å². The van der Waals surface area contributed by atoms with Crippen LogP contribution in [-0.2, 0) is 4.79 Å². The summed E-state index contributed by atoms with van der Waals surface area (Å²) in [7, 11) is 0. The molecule has 21 heavy (non-hydrogen) atoms. The Morgan fingerprint density at radius 1 is 1.38 bits per heavy atom. The molecule has 0 aliphatic carbocycles. The number of non-ortho nitro benzene ring substituents is 1. The summed E-state index contributed by atoms with van der Waals surface area (Å²) in [5, 5.41) is 27.1. The monoisotopic (exact) mass is 307 g/mol. The number of hydrogen-bond acceptors (Lipinski definition) is 7. The van der Waals surface area contributed by atoms with E-state index in [0.29, 0.717) is 11.5 Å². The predicted octanol–water partition coefficient (Wildman–Crippen LogP) is 2.50. The quantitative estimate of drug-likeness (QED) is 0.387. The maximum atomic E-state index is 11.2. The summed E-state index contributed by atoms with van der Waals surface area (Å²) in [5.41, 5.74) is 0.450. The van der Waals surface area contributed by atoms with Gasteiger partial charge in [0.1, 0.15) is 4.91 Å². The third-order valence-electron chi connectivity index (χ3n) is 2.32. The molecule has 0 radical (unpaired) electrons. The minimum atomic E-state index is -1.16. The molecule has 1 N–H and O–H groups in total. The molecule has 1 aromatic carbocycles. The minimum Gasteiger partial charge on any atom is -0.477 e. The van der Waals surface area contributed by atoms with Gasteiger partial charge in [-0.15, -0.1) is 10.2 Å². The van der Waals surface area contributed by atoms with Crippen LogP contribution in [0.25, 0.3) is 6.08 Å². The lowest BCUT2D eigenvalue weighted by Gasteiger charge is -1.99. The summed E-state index contributed by atoms with van der Waals surface area (Å²) in [6, 6.07) is 5.51. The average Bonchev–Trinajstić information content (AvgIpc) is 2.84. The topological polar surface area (TPSA) is 119 Å². The van der Waals surface area contributed by atoms with Crippen LogP contribution in [0.2, 0.25) is 0 Å². The summed E-state index contributed by atoms with van der Waals surface area (Å²) < 4.78 is 5.10. The third-order valence-corrected chi connectivity index (χ3v) is 3.17. The van der Waals surface area contributed by atoms with E-state index in [1.165, 1.54) is 30.3 Å². The van der Waals surface area contributed by atoms with Crippen molar-refractivity contribution in [2.24, 2.45) is 0 Å². The van der Waals surface area contributed by atoms with E-state index >= 15 is 0 Å². The van der Waals surface area contributed by atoms with Crippen LogP contribution in [0.15, 0.2) is 38.8 Å². The summed E-state index contributed by atoms with van der Waals surface area (Å²) in [6.07, 6.45) is 1.37. The lowest BCUT2D eigenvalue weighted by atomic mass is 10.2. The van der Waals surface area contributed by atoms with Gasteiger partial charge in [0.05, 0.1) is 4.92 Å². The van der Waals surface area contributed by atoms with Gasteiger partial charge < -0.3 is 9.52 Å². The molecule has 0 saturated heterocycles. The number of nitro groups is 1. The van der Waals surface area contributed by atoms with Crippen molar-refractivity contribution in [3.05, 3.63) is 50.7 Å². The summed E-state index contributed by atoms with van der Waals surface area (Å²) >= 11 is 0.810. The van der Waals surface area contributed by atoms with Crippen molar-refractivity contribution in [3.63, 3.8) is 0 Å². The number of rotatable bonds is 5. The van der Waals surface area contributed by atoms with E-state index in [9.17, 15) is 14.9 Å². The Hall–Kier alpha value is -2.68. The SMILES string of the molecule is Cc1nnc(S/C(=C\c2ccc([N+](=O)[O-])cc2)C(=O)O)o1. The lowest BCUT2D eigenvalue weighted by molar-refractivity contribution is -0.384. The normalized spacial score (nSPS) is 11.4. The second kappa shape index (κ2) is 6.18. The molecule has 8 nitrogen and oxygen atoms in total. The molecule has 0 spiro atoms. The van der Waals surface area contributed by atoms with Gasteiger partial charge in [0.15, 0.2) is 0 Å². The number of aryl methyl sites for hydroxylation is 1. The van der Waals surface area contributed by atoms with Gasteiger partial charge >= 0.3 is 5.97 Å². The van der Waals surface area contributed by atoms with E-state index in [2.05, 4.69) is 10.2 Å². The van der Waals surface area contributed by atoms with Crippen molar-refractivity contribution in [1.82, 2.24) is 10.2 Å². The molecule has 0 unspecified atom stereocenters. The molecule has 0 aliphatic rings. The van der Waals surface area contributed by atoms with E-state index in [0.717, 1.165) is 11.8 Å². The molecule has 108 valence electrons. The zero-order valence-electron chi connectivity index (χ0n) is 10.7. The largest absolute Gasteiger partial charge is 0.477 e. The number of carboxylic acids is 1. The van der Waals surface area contributed by atoms with Crippen molar-refractivity contribution < 1.29 is 19.2 Å². The van der Waals surface area contributed by atoms with Gasteiger partial charge in [0.25, 0.3) is 10.9 Å². The highest BCUT2D eigenvalue weighted by atomic mass is 32.2. The molecule has 0 saturated carbocycles. The number of nitro benzene ring substituents is 1. The number of carboxylic acid groups (broad SMARTS) is 1. The van der Waals surface area contributed by atoms with Crippen LogP contribution in [0.1, 0.15) is 11.5 Å². The highest BCUT2D eigenvalue weighted by Gasteiger charge is 2.14. The lowest BCUT2D eigenvalue weighted by Crippen LogP contribution is -1.97. The Morgan fingerprint density at radius 2 is 2.05 bits per heavy atom. The van der Waals surface area contributed by atoms with Gasteiger partial charge in [0.2, 0.25) is 5.89 Å². The van der Waals surface area contributed by atoms with E-state index in [-0.39, 0.29) is 15.8 Å². The second-order valence-corrected chi connectivity index (χ2v) is 4.84. The number of hydrogen-bond donors (Lipinski definition) is 1. The predicted molar refractivity (Wildman–Crippen MR) is 73.6 cm³/mol. The van der Waals surface area contributed by atoms with E-state index in [4.69, 9.17) is 9.52 Å². The van der Waals surface area contributed by atoms with Crippen molar-refractivity contribution in [3.8, 4) is 0 Å². The van der Waals surface area contributed by atoms with Gasteiger partial charge in [-0.1, -0.05) is 0 Å². The smallest absolute Gasteiger partial charge is 0.342 e. The standard InChI is InChI=1S/C12H9N3O5S/c1-7-13-14-12(20-7)21-10(11(16)17)6-8-2-4-9(5-3-8)15(18)19/h2-6H,1H3,(H,16,17)/b10-6-. The Bertz CT molecular complexity index is 708. The first-order valence-electron chi connectivity index (χ1n) is 5.63. The van der Waals surface area contributed by atoms with Gasteiger partial charge in [-0.2, -0.15) is 0 Å². The number of nitrogens with zero attached hydrogens (tertiary/aromatic N) is 3. The fourth-order valence-electron chi connectivity index (χ4n) is 1.39. The molecule has 0 atom stereocenters. The van der Waals surface area contributed by atoms with Crippen LogP contribution >= 0.6 is 11.8 Å². The molecule has 1 heterocycles. The molecular weight excluding hydrogens is 298 g/mol. The fraction of sp³-hybridized carbons (Fsp3) is 0.0833. The van der Waals surface area contributed by atoms with E-state index in [1.54, 1.807) is 6.92 Å². The Balaban J connectivity index is 2.24. The maximum Gasteiger partial charge on any atom is 0.342 e. The second-order valence-electron chi connectivity index (χ2n) is 3.85. The Labute approximate surface area is 122 Å². The fourth-order valence-corrected chi connectivity index (χ4v) is 2.11. The van der Waals surface area contributed by atoms with Crippen LogP contribution < -0.4 is 0 Å². The van der Waals surface area contributed by atoms with Crippen molar-refractivity contribution in [2.75, 3.05) is 0 Å². The number of carbonyl (C=O) groups is 1. The molecule has 0 fully saturated rings. The molecule has 0 aliphatic heterocycles. The minimum absolute atomic E-state index is 0.0347. The zero-order chi connectivity index (χ0) is 15.4. The number of aromatic nitrogens is 2. The van der Waals surface area contributed by atoms with Gasteiger partial charge in [-0.05, 0) is 35.5 Å². The van der Waals surface area contributed by atoms with E-state index < -0.39 is 10.9 Å². The Kier molecular flexibility index (Phi) is 4.33. The van der Waals surface area contributed by atoms with Gasteiger partial charge in [0, 0.05) is 19.1 Å². The highest BCUT2D eigenvalue weighted by molar-refractivity contribution is 8.03. The van der Waals surface area contributed by atoms with Crippen molar-refractivity contribution in [1.29, 1.82) is 0 Å². The first-order valence-corrected chi connectivity index (χ1v) is 6.45. The van der Waals surface area contributed by atoms with Crippen LogP contribution in [-0.4, -0.2) is 26.2 Å². The number of benzene rings is 1. The molecule has 2 aromatic rings. The zero-order valence-corrected chi connectivity index (χ0v) is 11.5. The van der Waals surface area contributed by atoms with Crippen LogP contribution in [0, 0.1) is 17.0 Å². The molecule has 1 aromatic heterocycles. The van der Waals surface area contributed by atoms with Crippen molar-refractivity contribution >= 4 is 29.5 Å². The molecule has 9 heteroatoms. The summed E-state index contributed by atoms with van der Waals surface area (Å²) in [4.78, 5) is 21.2. The summed E-state index contributed by atoms with van der Waals surface area (Å²) in [5.74, 6) is -0.827. The van der Waals surface area contributed by atoms with E-state index in [1.807, 2.05) is 0 Å². The number of aliphatic carboxylic acids is 1. The number of thioether (sulfide) groups is 1. The first kappa shape index (κ1) is 14.7. The first-order chi connectivity index (χ1) is 9.95. The van der Waals surface area contributed by atoms with Crippen LogP contribution in [0.5, 0.6) is 0 Å². The van der Waals surface area contributed by atoms with Crippen LogP contribution in [0.3, 0.4) is 0 Å². The van der Waals surface area contributed by atoms with Crippen molar-refractivity contribution in [2.45, 2.75) is 12.1 Å². The summed E-state index contributed by atoms with van der Waals surface area (Å²) in [6.45, 7) is 1.59. The highest BCUT2D eigenvalue weighted by Crippen LogP contribution is 2.27. The Morgan fingerprint density at radius 3 is 2.52 bits per heavy atom. The molecule has 2 rings (SSSR count). The van der Waals surface area contributed by atoms with Crippen LogP contribution in [0.4, 0.5) is 5.69 Å². The molecule has 0 bridgehead atoms. The third kappa shape index (κ3) is 3.89. The maximum absolute atomic E-state index is 11.2. The average molecular weight is 307 g/mol.